The van der Waals surface area contributed by atoms with Crippen LogP contribution in [-0.2, 0) is 9.53 Å². The Kier molecular flexibility index (Phi) is 5.06. The summed E-state index contributed by atoms with van der Waals surface area (Å²) in [5.41, 5.74) is -0.511. The van der Waals surface area contributed by atoms with Crippen LogP contribution in [0.3, 0.4) is 0 Å². The van der Waals surface area contributed by atoms with Crippen molar-refractivity contribution < 1.29 is 23.8 Å². The molecule has 0 spiro atoms. The molecule has 1 N–H and O–H groups in total. The van der Waals surface area contributed by atoms with Crippen molar-refractivity contribution in [3.63, 3.8) is 0 Å². The van der Waals surface area contributed by atoms with Gasteiger partial charge >= 0.3 is 5.97 Å². The number of aliphatic carboxylic acids is 1. The Balaban J connectivity index is 1.67. The molecule has 1 aromatic carbocycles. The first-order chi connectivity index (χ1) is 11.5. The molecule has 2 aliphatic rings. The Labute approximate surface area is 141 Å². The maximum atomic E-state index is 14.0. The van der Waals surface area contributed by atoms with Crippen LogP contribution in [0, 0.1) is 18.7 Å². The molecule has 5 nitrogen and oxygen atoms in total. The molecule has 0 radical (unpaired) electrons. The third kappa shape index (κ3) is 3.70. The average Bonchev–Trinajstić information content (AvgIpc) is 3.06. The first kappa shape index (κ1) is 17.2. The fraction of sp³-hybridized carbons (Fsp3) is 0.611. The van der Waals surface area contributed by atoms with Gasteiger partial charge in [0.2, 0.25) is 5.60 Å². The number of piperidine rings is 1. The first-order valence-electron chi connectivity index (χ1n) is 8.47. The average molecular weight is 337 g/mol. The summed E-state index contributed by atoms with van der Waals surface area (Å²) in [5.74, 6) is -0.994. The normalized spacial score (nSPS) is 24.0. The van der Waals surface area contributed by atoms with Crippen LogP contribution in [0.2, 0.25) is 0 Å². The van der Waals surface area contributed by atoms with Crippen LogP contribution in [0.1, 0.15) is 24.8 Å². The van der Waals surface area contributed by atoms with Gasteiger partial charge in [-0.25, -0.2) is 9.18 Å². The van der Waals surface area contributed by atoms with E-state index in [-0.39, 0.29) is 5.75 Å². The van der Waals surface area contributed by atoms with E-state index in [4.69, 9.17) is 9.47 Å². The van der Waals surface area contributed by atoms with Gasteiger partial charge in [-0.1, -0.05) is 6.07 Å². The van der Waals surface area contributed by atoms with E-state index in [1.807, 2.05) is 6.92 Å². The second-order valence-corrected chi connectivity index (χ2v) is 6.87. The fourth-order valence-electron chi connectivity index (χ4n) is 3.45. The van der Waals surface area contributed by atoms with Gasteiger partial charge in [0.15, 0.2) is 11.6 Å². The van der Waals surface area contributed by atoms with Crippen molar-refractivity contribution in [1.29, 1.82) is 0 Å². The summed E-state index contributed by atoms with van der Waals surface area (Å²) in [5, 5.41) is 9.69. The SMILES string of the molecule is Cc1ccc(F)c(OC2(C(=O)O)CCN(C[C@@H]3CCOC3)CC2)c1. The van der Waals surface area contributed by atoms with Crippen molar-refractivity contribution in [1.82, 2.24) is 4.90 Å². The second-order valence-electron chi connectivity index (χ2n) is 6.87. The highest BCUT2D eigenvalue weighted by molar-refractivity contribution is 5.78. The lowest BCUT2D eigenvalue weighted by Crippen LogP contribution is -2.54. The lowest BCUT2D eigenvalue weighted by molar-refractivity contribution is -0.160. The van der Waals surface area contributed by atoms with Gasteiger partial charge in [0, 0.05) is 39.1 Å². The molecule has 24 heavy (non-hydrogen) atoms. The molecule has 0 bridgehead atoms. The van der Waals surface area contributed by atoms with Crippen molar-refractivity contribution in [2.45, 2.75) is 31.8 Å². The fourth-order valence-corrected chi connectivity index (χ4v) is 3.45. The molecule has 3 rings (SSSR count). The number of carboxylic acid groups (broad SMARTS) is 1. The second kappa shape index (κ2) is 7.07. The Morgan fingerprint density at radius 3 is 2.83 bits per heavy atom. The monoisotopic (exact) mass is 337 g/mol. The number of nitrogens with zero attached hydrogens (tertiary/aromatic N) is 1. The number of rotatable bonds is 5. The van der Waals surface area contributed by atoms with Gasteiger partial charge in [-0.05, 0) is 37.0 Å². The number of likely N-dealkylation sites (tertiary alicyclic amines) is 1. The lowest BCUT2D eigenvalue weighted by Gasteiger charge is -2.39. The summed E-state index contributed by atoms with van der Waals surface area (Å²) in [6, 6.07) is 4.51. The van der Waals surface area contributed by atoms with Crippen molar-refractivity contribution in [3.8, 4) is 5.75 Å². The zero-order chi connectivity index (χ0) is 17.2. The van der Waals surface area contributed by atoms with E-state index >= 15 is 0 Å². The number of hydrogen-bond acceptors (Lipinski definition) is 4. The number of benzene rings is 1. The van der Waals surface area contributed by atoms with Crippen LogP contribution in [0.25, 0.3) is 0 Å². The number of carbonyl (C=O) groups is 1. The van der Waals surface area contributed by atoms with Crippen LogP contribution in [0.5, 0.6) is 5.75 Å². The predicted octanol–water partition coefficient (Wildman–Crippen LogP) is 2.47. The van der Waals surface area contributed by atoms with Gasteiger partial charge in [0.1, 0.15) is 0 Å². The van der Waals surface area contributed by atoms with Gasteiger partial charge in [0.25, 0.3) is 0 Å². The molecule has 0 saturated carbocycles. The standard InChI is InChI=1S/C18H24FNO4/c1-13-2-3-15(19)16(10-13)24-18(17(21)22)5-7-20(8-6-18)11-14-4-9-23-12-14/h2-3,10,14H,4-9,11-12H2,1H3,(H,21,22)/t14-/m0/s1. The Morgan fingerprint density at radius 1 is 1.46 bits per heavy atom. The molecule has 2 saturated heterocycles. The summed E-state index contributed by atoms with van der Waals surface area (Å²) >= 11 is 0. The van der Waals surface area contributed by atoms with Gasteiger partial charge in [-0.3, -0.25) is 0 Å². The number of aryl methyl sites for hydroxylation is 1. The van der Waals surface area contributed by atoms with Crippen molar-refractivity contribution in [2.75, 3.05) is 32.8 Å². The summed E-state index contributed by atoms with van der Waals surface area (Å²) in [6.45, 7) is 5.62. The largest absolute Gasteiger partial charge is 0.478 e. The van der Waals surface area contributed by atoms with Gasteiger partial charge in [-0.2, -0.15) is 0 Å². The van der Waals surface area contributed by atoms with E-state index in [0.717, 1.165) is 31.7 Å². The van der Waals surface area contributed by atoms with E-state index in [2.05, 4.69) is 4.90 Å². The predicted molar refractivity (Wildman–Crippen MR) is 86.7 cm³/mol. The molecule has 0 amide bonds. The maximum Gasteiger partial charge on any atom is 0.348 e. The Bertz CT molecular complexity index is 593. The van der Waals surface area contributed by atoms with Crippen LogP contribution < -0.4 is 4.74 Å². The lowest BCUT2D eigenvalue weighted by atomic mass is 9.90. The molecule has 0 unspecified atom stereocenters. The molecule has 2 fully saturated rings. The first-order valence-corrected chi connectivity index (χ1v) is 8.47. The van der Waals surface area contributed by atoms with Crippen LogP contribution >= 0.6 is 0 Å². The smallest absolute Gasteiger partial charge is 0.348 e. The Hall–Kier alpha value is -1.66. The minimum Gasteiger partial charge on any atom is -0.478 e. The van der Waals surface area contributed by atoms with Crippen LogP contribution in [0.15, 0.2) is 18.2 Å². The topological polar surface area (TPSA) is 59.0 Å². The van der Waals surface area contributed by atoms with Crippen molar-refractivity contribution in [3.05, 3.63) is 29.6 Å². The third-order valence-corrected chi connectivity index (χ3v) is 4.99. The van der Waals surface area contributed by atoms with Gasteiger partial charge in [0.05, 0.1) is 6.61 Å². The summed E-state index contributed by atoms with van der Waals surface area (Å²) in [7, 11) is 0. The minimum atomic E-state index is -1.35. The number of ether oxygens (including phenoxy) is 2. The molecule has 0 aromatic heterocycles. The summed E-state index contributed by atoms with van der Waals surface area (Å²) < 4.78 is 25.1. The zero-order valence-electron chi connectivity index (χ0n) is 14.0. The molecule has 2 aliphatic heterocycles. The highest BCUT2D eigenvalue weighted by atomic mass is 19.1. The van der Waals surface area contributed by atoms with E-state index in [1.54, 1.807) is 12.1 Å². The summed E-state index contributed by atoms with van der Waals surface area (Å²) in [4.78, 5) is 14.1. The highest BCUT2D eigenvalue weighted by Crippen LogP contribution is 2.32. The maximum absolute atomic E-state index is 14.0. The van der Waals surface area contributed by atoms with E-state index in [0.29, 0.717) is 31.8 Å². The van der Waals surface area contributed by atoms with Gasteiger partial charge in [-0.15, -0.1) is 0 Å². The van der Waals surface area contributed by atoms with Crippen LogP contribution in [0.4, 0.5) is 4.39 Å². The van der Waals surface area contributed by atoms with E-state index in [1.165, 1.54) is 6.07 Å². The third-order valence-electron chi connectivity index (χ3n) is 4.99. The number of halogens is 1. The number of hydrogen-bond donors (Lipinski definition) is 1. The molecule has 2 heterocycles. The zero-order valence-corrected chi connectivity index (χ0v) is 14.0. The Morgan fingerprint density at radius 2 is 2.21 bits per heavy atom. The minimum absolute atomic E-state index is 0.0232. The number of carboxylic acids is 1. The molecule has 6 heteroatoms. The highest BCUT2D eigenvalue weighted by Gasteiger charge is 2.44. The molecule has 1 atom stereocenters. The quantitative estimate of drug-likeness (QED) is 0.894. The molecule has 132 valence electrons. The van der Waals surface area contributed by atoms with Crippen LogP contribution in [-0.4, -0.2) is 54.4 Å². The molecular formula is C18H24FNO4. The van der Waals surface area contributed by atoms with E-state index in [9.17, 15) is 14.3 Å². The van der Waals surface area contributed by atoms with Crippen molar-refractivity contribution in [2.24, 2.45) is 5.92 Å². The summed E-state index contributed by atoms with van der Waals surface area (Å²) in [6.07, 6.45) is 1.76. The molecule has 1 aromatic rings. The van der Waals surface area contributed by atoms with Crippen molar-refractivity contribution >= 4 is 5.97 Å². The van der Waals surface area contributed by atoms with E-state index < -0.39 is 17.4 Å². The molecule has 0 aliphatic carbocycles. The molecular weight excluding hydrogens is 313 g/mol. The van der Waals surface area contributed by atoms with Gasteiger partial charge < -0.3 is 19.5 Å².